The molecule has 0 radical (unpaired) electrons. The van der Waals surface area contributed by atoms with Crippen LogP contribution in [0.2, 0.25) is 0 Å². The summed E-state index contributed by atoms with van der Waals surface area (Å²) in [5.74, 6) is 1.93. The van der Waals surface area contributed by atoms with Crippen LogP contribution < -0.4 is 5.32 Å². The van der Waals surface area contributed by atoms with Crippen molar-refractivity contribution in [3.05, 3.63) is 35.4 Å². The van der Waals surface area contributed by atoms with E-state index in [0.717, 1.165) is 13.1 Å². The third-order valence-electron chi connectivity index (χ3n) is 3.18. The molecule has 1 aromatic rings. The second kappa shape index (κ2) is 9.46. The van der Waals surface area contributed by atoms with Gasteiger partial charge >= 0.3 is 0 Å². The lowest BCUT2D eigenvalue weighted by molar-refractivity contribution is 0.618. The summed E-state index contributed by atoms with van der Waals surface area (Å²) in [6.07, 6.45) is 6.18. The van der Waals surface area contributed by atoms with Gasteiger partial charge in [0.25, 0.3) is 0 Å². The first-order valence-corrected chi connectivity index (χ1v) is 8.42. The summed E-state index contributed by atoms with van der Waals surface area (Å²) in [6.45, 7) is 6.62. The van der Waals surface area contributed by atoms with Crippen LogP contribution >= 0.6 is 11.8 Å². The highest BCUT2D eigenvalue weighted by Gasteiger charge is 1.98. The molecule has 0 aliphatic rings. The van der Waals surface area contributed by atoms with Gasteiger partial charge in [0.1, 0.15) is 0 Å². The van der Waals surface area contributed by atoms with Gasteiger partial charge in [-0.1, -0.05) is 44.5 Å². The van der Waals surface area contributed by atoms with E-state index in [9.17, 15) is 0 Å². The van der Waals surface area contributed by atoms with Crippen LogP contribution in [0.1, 0.15) is 50.2 Å². The van der Waals surface area contributed by atoms with Crippen molar-refractivity contribution in [3.63, 3.8) is 0 Å². The summed E-state index contributed by atoms with van der Waals surface area (Å²) in [5, 5.41) is 3.52. The molecule has 0 saturated heterocycles. The minimum Gasteiger partial charge on any atom is -0.313 e. The summed E-state index contributed by atoms with van der Waals surface area (Å²) in [5.41, 5.74) is 2.82. The Bertz CT molecular complexity index is 305. The molecule has 0 atom stereocenters. The van der Waals surface area contributed by atoms with E-state index in [1.807, 2.05) is 11.8 Å². The first-order valence-electron chi connectivity index (χ1n) is 7.02. The Morgan fingerprint density at radius 1 is 1.06 bits per heavy atom. The standard InChI is InChI=1S/C16H27NS/c1-14(2)16-9-7-15(8-10-16)13-17-11-5-4-6-12-18-3/h7-10,14,17H,4-6,11-13H2,1-3H3. The molecule has 0 saturated carbocycles. The Hall–Kier alpha value is -0.470. The number of benzene rings is 1. The first-order chi connectivity index (χ1) is 8.74. The molecule has 0 bridgehead atoms. The van der Waals surface area contributed by atoms with Crippen LogP contribution in [0.25, 0.3) is 0 Å². The van der Waals surface area contributed by atoms with Crippen LogP contribution in [0.5, 0.6) is 0 Å². The number of rotatable bonds is 9. The van der Waals surface area contributed by atoms with Crippen molar-refractivity contribution >= 4 is 11.8 Å². The zero-order valence-electron chi connectivity index (χ0n) is 12.0. The van der Waals surface area contributed by atoms with E-state index >= 15 is 0 Å². The predicted octanol–water partition coefficient (Wildman–Crippen LogP) is 4.43. The Kier molecular flexibility index (Phi) is 8.19. The van der Waals surface area contributed by atoms with Gasteiger partial charge in [-0.25, -0.2) is 0 Å². The Labute approximate surface area is 117 Å². The van der Waals surface area contributed by atoms with Gasteiger partial charge in [0, 0.05) is 6.54 Å². The zero-order chi connectivity index (χ0) is 13.2. The van der Waals surface area contributed by atoms with E-state index in [2.05, 4.69) is 49.7 Å². The first kappa shape index (κ1) is 15.6. The van der Waals surface area contributed by atoms with E-state index < -0.39 is 0 Å². The van der Waals surface area contributed by atoms with Crippen LogP contribution in [0.3, 0.4) is 0 Å². The van der Waals surface area contributed by atoms with Crippen molar-refractivity contribution in [2.45, 2.75) is 45.6 Å². The molecule has 0 heterocycles. The lowest BCUT2D eigenvalue weighted by atomic mass is 10.0. The zero-order valence-corrected chi connectivity index (χ0v) is 12.9. The third kappa shape index (κ3) is 6.46. The molecule has 0 aliphatic carbocycles. The van der Waals surface area contributed by atoms with Crippen molar-refractivity contribution in [3.8, 4) is 0 Å². The largest absolute Gasteiger partial charge is 0.313 e. The van der Waals surface area contributed by atoms with Gasteiger partial charge < -0.3 is 5.32 Å². The Morgan fingerprint density at radius 2 is 1.78 bits per heavy atom. The summed E-state index contributed by atoms with van der Waals surface area (Å²) in [7, 11) is 0. The van der Waals surface area contributed by atoms with Gasteiger partial charge in [-0.15, -0.1) is 0 Å². The highest BCUT2D eigenvalue weighted by atomic mass is 32.2. The average Bonchev–Trinajstić information content (AvgIpc) is 2.38. The molecule has 1 rings (SSSR count). The summed E-state index contributed by atoms with van der Waals surface area (Å²) >= 11 is 1.95. The van der Waals surface area contributed by atoms with Crippen molar-refractivity contribution in [2.75, 3.05) is 18.6 Å². The highest BCUT2D eigenvalue weighted by Crippen LogP contribution is 2.14. The molecule has 0 aliphatic heterocycles. The van der Waals surface area contributed by atoms with Crippen molar-refractivity contribution in [1.29, 1.82) is 0 Å². The molecule has 102 valence electrons. The highest BCUT2D eigenvalue weighted by molar-refractivity contribution is 7.98. The van der Waals surface area contributed by atoms with Gasteiger partial charge in [-0.3, -0.25) is 0 Å². The van der Waals surface area contributed by atoms with Crippen molar-refractivity contribution in [1.82, 2.24) is 5.32 Å². The third-order valence-corrected chi connectivity index (χ3v) is 3.87. The molecule has 1 N–H and O–H groups in total. The van der Waals surface area contributed by atoms with Gasteiger partial charge in [-0.05, 0) is 48.4 Å². The maximum absolute atomic E-state index is 3.52. The molecule has 2 heteroatoms. The average molecular weight is 265 g/mol. The number of thioether (sulfide) groups is 1. The molecular formula is C16H27NS. The van der Waals surface area contributed by atoms with Crippen LogP contribution in [0, 0.1) is 0 Å². The molecule has 0 fully saturated rings. The number of hydrogen-bond acceptors (Lipinski definition) is 2. The second-order valence-corrected chi connectivity index (χ2v) is 6.11. The molecule has 18 heavy (non-hydrogen) atoms. The molecule has 0 amide bonds. The van der Waals surface area contributed by atoms with E-state index in [1.165, 1.54) is 36.1 Å². The van der Waals surface area contributed by atoms with E-state index in [-0.39, 0.29) is 0 Å². The van der Waals surface area contributed by atoms with Gasteiger partial charge in [0.05, 0.1) is 0 Å². The van der Waals surface area contributed by atoms with Crippen molar-refractivity contribution in [2.24, 2.45) is 0 Å². The number of hydrogen-bond donors (Lipinski definition) is 1. The number of nitrogens with one attached hydrogen (secondary N) is 1. The van der Waals surface area contributed by atoms with E-state index in [0.29, 0.717) is 5.92 Å². The van der Waals surface area contributed by atoms with Gasteiger partial charge in [0.2, 0.25) is 0 Å². The van der Waals surface area contributed by atoms with Gasteiger partial charge in [0.15, 0.2) is 0 Å². The minimum absolute atomic E-state index is 0.628. The predicted molar refractivity (Wildman–Crippen MR) is 84.5 cm³/mol. The quantitative estimate of drug-likeness (QED) is 0.663. The monoisotopic (exact) mass is 265 g/mol. The maximum Gasteiger partial charge on any atom is 0.0205 e. The van der Waals surface area contributed by atoms with Crippen LogP contribution in [-0.2, 0) is 6.54 Å². The molecule has 0 unspecified atom stereocenters. The second-order valence-electron chi connectivity index (χ2n) is 5.13. The molecule has 1 aromatic carbocycles. The van der Waals surface area contributed by atoms with E-state index in [4.69, 9.17) is 0 Å². The topological polar surface area (TPSA) is 12.0 Å². The smallest absolute Gasteiger partial charge is 0.0205 e. The fourth-order valence-electron chi connectivity index (χ4n) is 1.93. The summed E-state index contributed by atoms with van der Waals surface area (Å²) in [6, 6.07) is 8.99. The van der Waals surface area contributed by atoms with Crippen LogP contribution in [0.15, 0.2) is 24.3 Å². The fourth-order valence-corrected chi connectivity index (χ4v) is 2.42. The Balaban J connectivity index is 2.12. The number of unbranched alkanes of at least 4 members (excludes halogenated alkanes) is 2. The summed E-state index contributed by atoms with van der Waals surface area (Å²) in [4.78, 5) is 0. The molecule has 0 spiro atoms. The molecule has 1 nitrogen and oxygen atoms in total. The Morgan fingerprint density at radius 3 is 2.39 bits per heavy atom. The van der Waals surface area contributed by atoms with Crippen molar-refractivity contribution < 1.29 is 0 Å². The van der Waals surface area contributed by atoms with Crippen LogP contribution in [0.4, 0.5) is 0 Å². The fraction of sp³-hybridized carbons (Fsp3) is 0.625. The maximum atomic E-state index is 3.52. The van der Waals surface area contributed by atoms with Gasteiger partial charge in [-0.2, -0.15) is 11.8 Å². The molecular weight excluding hydrogens is 238 g/mol. The van der Waals surface area contributed by atoms with E-state index in [1.54, 1.807) is 0 Å². The normalized spacial score (nSPS) is 11.1. The summed E-state index contributed by atoms with van der Waals surface area (Å²) < 4.78 is 0. The lowest BCUT2D eigenvalue weighted by Crippen LogP contribution is -2.14. The minimum atomic E-state index is 0.628. The SMILES string of the molecule is CSCCCCCNCc1ccc(C(C)C)cc1. The van der Waals surface area contributed by atoms with Crippen LogP contribution in [-0.4, -0.2) is 18.6 Å². The molecule has 0 aromatic heterocycles. The lowest BCUT2D eigenvalue weighted by Gasteiger charge is -2.08.